The Labute approximate surface area is 169 Å². The summed E-state index contributed by atoms with van der Waals surface area (Å²) in [4.78, 5) is 23.5. The van der Waals surface area contributed by atoms with E-state index in [4.69, 9.17) is 0 Å². The van der Waals surface area contributed by atoms with Crippen molar-refractivity contribution in [3.8, 4) is 0 Å². The number of carbonyl (C=O) groups is 1. The van der Waals surface area contributed by atoms with Gasteiger partial charge in [0.25, 0.3) is 5.78 Å². The van der Waals surface area contributed by atoms with E-state index in [0.29, 0.717) is 17.5 Å². The molecule has 3 aromatic rings. The van der Waals surface area contributed by atoms with E-state index in [1.165, 1.54) is 17.3 Å². The third kappa shape index (κ3) is 4.69. The van der Waals surface area contributed by atoms with Gasteiger partial charge in [-0.2, -0.15) is 4.98 Å². The lowest BCUT2D eigenvalue weighted by molar-refractivity contribution is -0.120. The Balaban J connectivity index is 1.66. The van der Waals surface area contributed by atoms with Crippen molar-refractivity contribution < 1.29 is 4.79 Å². The first kappa shape index (κ1) is 20.3. The molecule has 0 radical (unpaired) electrons. The molecule has 1 N–H and O–H groups in total. The fraction of sp³-hybridized carbons (Fsp3) is 0.400. The molecule has 0 saturated heterocycles. The lowest BCUT2D eigenvalue weighted by Crippen LogP contribution is -2.26. The van der Waals surface area contributed by atoms with Crippen molar-refractivity contribution in [1.82, 2.24) is 29.8 Å². The third-order valence-corrected chi connectivity index (χ3v) is 5.10. The summed E-state index contributed by atoms with van der Waals surface area (Å²) >= 11 is 1.47. The van der Waals surface area contributed by atoms with E-state index in [1.54, 1.807) is 4.52 Å². The van der Waals surface area contributed by atoms with Gasteiger partial charge in [0.15, 0.2) is 0 Å². The molecule has 7 nitrogen and oxygen atoms in total. The van der Waals surface area contributed by atoms with Crippen molar-refractivity contribution in [3.63, 3.8) is 0 Å². The van der Waals surface area contributed by atoms with Gasteiger partial charge in [-0.15, -0.1) is 5.10 Å². The van der Waals surface area contributed by atoms with Gasteiger partial charge in [0.2, 0.25) is 11.1 Å². The Kier molecular flexibility index (Phi) is 6.31. The second-order valence-corrected chi connectivity index (χ2v) is 7.85. The number of thioether (sulfide) groups is 1. The van der Waals surface area contributed by atoms with Gasteiger partial charge in [-0.1, -0.05) is 36.0 Å². The maximum atomic E-state index is 12.5. The molecule has 1 amide bonds. The van der Waals surface area contributed by atoms with Gasteiger partial charge in [0.05, 0.1) is 6.42 Å². The molecule has 0 aliphatic carbocycles. The first-order valence-electron chi connectivity index (χ1n) is 9.13. The van der Waals surface area contributed by atoms with Crippen molar-refractivity contribution in [1.29, 1.82) is 0 Å². The quantitative estimate of drug-likeness (QED) is 0.616. The summed E-state index contributed by atoms with van der Waals surface area (Å²) in [6.45, 7) is 5.27. The minimum Gasteiger partial charge on any atom is -0.352 e. The third-order valence-electron chi connectivity index (χ3n) is 4.56. The van der Waals surface area contributed by atoms with Crippen LogP contribution in [0, 0.1) is 13.8 Å². The summed E-state index contributed by atoms with van der Waals surface area (Å²) in [5, 5.41) is 8.11. The minimum absolute atomic E-state index is 0.0325. The smallest absolute Gasteiger partial charge is 0.253 e. The van der Waals surface area contributed by atoms with Crippen LogP contribution in [0.5, 0.6) is 0 Å². The van der Waals surface area contributed by atoms with Gasteiger partial charge in [-0.3, -0.25) is 4.79 Å². The van der Waals surface area contributed by atoms with Crippen LogP contribution in [0.1, 0.15) is 28.1 Å². The number of hydrogen-bond acceptors (Lipinski definition) is 6. The summed E-state index contributed by atoms with van der Waals surface area (Å²) in [5.74, 6) is 0.538. The Morgan fingerprint density at radius 3 is 2.46 bits per heavy atom. The predicted molar refractivity (Wildman–Crippen MR) is 111 cm³/mol. The van der Waals surface area contributed by atoms with Crippen molar-refractivity contribution in [2.75, 3.05) is 20.4 Å². The Hall–Kier alpha value is -2.45. The predicted octanol–water partition coefficient (Wildman–Crippen LogP) is 2.38. The van der Waals surface area contributed by atoms with E-state index in [2.05, 4.69) is 49.5 Å². The van der Waals surface area contributed by atoms with Crippen LogP contribution >= 0.6 is 11.8 Å². The first-order chi connectivity index (χ1) is 13.4. The van der Waals surface area contributed by atoms with E-state index >= 15 is 0 Å². The summed E-state index contributed by atoms with van der Waals surface area (Å²) in [7, 11) is 4.09. The SMILES string of the molecule is CSc1nc2nc(C)c(CC(=O)NCc3ccc(CN(C)C)cc3)c(C)n2n1. The van der Waals surface area contributed by atoms with E-state index in [0.717, 1.165) is 29.1 Å². The zero-order chi connectivity index (χ0) is 20.3. The monoisotopic (exact) mass is 398 g/mol. The highest BCUT2D eigenvalue weighted by Gasteiger charge is 2.15. The molecule has 2 heterocycles. The molecule has 8 heteroatoms. The van der Waals surface area contributed by atoms with Crippen LogP contribution in [0.25, 0.3) is 5.78 Å². The van der Waals surface area contributed by atoms with Crippen molar-refractivity contribution >= 4 is 23.4 Å². The standard InChI is InChI=1S/C20H26N6OS/c1-13-17(14(2)26-19(22-13)23-20(24-26)28-5)10-18(27)21-11-15-6-8-16(9-7-15)12-25(3)4/h6-9H,10-12H2,1-5H3,(H,21,27). The van der Waals surface area contributed by atoms with Crippen LogP contribution in [0.15, 0.2) is 29.4 Å². The highest BCUT2D eigenvalue weighted by Crippen LogP contribution is 2.17. The van der Waals surface area contributed by atoms with E-state index in [-0.39, 0.29) is 12.3 Å². The number of carbonyl (C=O) groups excluding carboxylic acids is 1. The molecule has 0 bridgehead atoms. The molecule has 0 atom stereocenters. The number of aryl methyl sites for hydroxylation is 2. The molecule has 0 saturated carbocycles. The first-order valence-corrected chi connectivity index (χ1v) is 10.4. The van der Waals surface area contributed by atoms with E-state index in [1.807, 2.05) is 34.2 Å². The fourth-order valence-corrected chi connectivity index (χ4v) is 3.42. The normalized spacial score (nSPS) is 11.4. The molecule has 0 fully saturated rings. The molecule has 0 unspecified atom stereocenters. The maximum absolute atomic E-state index is 12.5. The molecule has 0 aliphatic rings. The Bertz CT molecular complexity index is 981. The number of fused-ring (bicyclic) bond motifs is 1. The largest absolute Gasteiger partial charge is 0.352 e. The Morgan fingerprint density at radius 1 is 1.14 bits per heavy atom. The number of amides is 1. The molecular formula is C20H26N6OS. The van der Waals surface area contributed by atoms with Gasteiger partial charge in [0, 0.05) is 30.0 Å². The van der Waals surface area contributed by atoms with Crippen LogP contribution in [0.2, 0.25) is 0 Å². The van der Waals surface area contributed by atoms with Gasteiger partial charge < -0.3 is 10.2 Å². The number of aromatic nitrogens is 4. The second kappa shape index (κ2) is 8.70. The number of nitrogens with zero attached hydrogens (tertiary/aromatic N) is 5. The number of nitrogens with one attached hydrogen (secondary N) is 1. The Morgan fingerprint density at radius 2 is 1.82 bits per heavy atom. The van der Waals surface area contributed by atoms with Gasteiger partial charge in [-0.05, 0) is 45.3 Å². The highest BCUT2D eigenvalue weighted by molar-refractivity contribution is 7.98. The summed E-state index contributed by atoms with van der Waals surface area (Å²) in [5.41, 5.74) is 4.94. The van der Waals surface area contributed by atoms with Crippen LogP contribution in [0.3, 0.4) is 0 Å². The van der Waals surface area contributed by atoms with Gasteiger partial charge in [-0.25, -0.2) is 9.50 Å². The molecule has 0 spiro atoms. The molecule has 2 aromatic heterocycles. The van der Waals surface area contributed by atoms with Gasteiger partial charge >= 0.3 is 0 Å². The number of benzene rings is 1. The van der Waals surface area contributed by atoms with E-state index < -0.39 is 0 Å². The molecule has 0 aliphatic heterocycles. The van der Waals surface area contributed by atoms with Crippen LogP contribution < -0.4 is 5.32 Å². The topological polar surface area (TPSA) is 75.4 Å². The molecule has 1 aromatic carbocycles. The second-order valence-electron chi connectivity index (χ2n) is 7.08. The highest BCUT2D eigenvalue weighted by atomic mass is 32.2. The van der Waals surface area contributed by atoms with Crippen molar-refractivity contribution in [2.24, 2.45) is 0 Å². The van der Waals surface area contributed by atoms with Gasteiger partial charge in [0.1, 0.15) is 0 Å². The van der Waals surface area contributed by atoms with Crippen LogP contribution in [-0.4, -0.2) is 50.7 Å². The molecule has 3 rings (SSSR count). The summed E-state index contributed by atoms with van der Waals surface area (Å²) in [6, 6.07) is 8.31. The number of hydrogen-bond donors (Lipinski definition) is 1. The lowest BCUT2D eigenvalue weighted by atomic mass is 10.1. The lowest BCUT2D eigenvalue weighted by Gasteiger charge is -2.12. The molecule has 148 valence electrons. The average molecular weight is 399 g/mol. The number of rotatable bonds is 7. The summed E-state index contributed by atoms with van der Waals surface area (Å²) in [6.07, 6.45) is 2.20. The average Bonchev–Trinajstić information content (AvgIpc) is 3.07. The molecular weight excluding hydrogens is 372 g/mol. The zero-order valence-electron chi connectivity index (χ0n) is 17.0. The van der Waals surface area contributed by atoms with Crippen molar-refractivity contribution in [3.05, 3.63) is 52.3 Å². The zero-order valence-corrected chi connectivity index (χ0v) is 17.8. The van der Waals surface area contributed by atoms with Crippen molar-refractivity contribution in [2.45, 2.75) is 38.5 Å². The minimum atomic E-state index is -0.0325. The summed E-state index contributed by atoms with van der Waals surface area (Å²) < 4.78 is 1.71. The maximum Gasteiger partial charge on any atom is 0.253 e. The van der Waals surface area contributed by atoms with E-state index in [9.17, 15) is 4.79 Å². The fourth-order valence-electron chi connectivity index (χ4n) is 3.08. The van der Waals surface area contributed by atoms with Crippen LogP contribution in [0.4, 0.5) is 0 Å². The van der Waals surface area contributed by atoms with Crippen LogP contribution in [-0.2, 0) is 24.3 Å². The molecule has 28 heavy (non-hydrogen) atoms.